The number of benzene rings is 2. The van der Waals surface area contributed by atoms with Crippen molar-refractivity contribution in [3.63, 3.8) is 0 Å². The summed E-state index contributed by atoms with van der Waals surface area (Å²) in [4.78, 5) is 17.3. The third kappa shape index (κ3) is 5.63. The molecule has 1 fully saturated rings. The van der Waals surface area contributed by atoms with Crippen LogP contribution in [-0.2, 0) is 11.3 Å². The highest BCUT2D eigenvalue weighted by Crippen LogP contribution is 2.32. The molecule has 0 radical (unpaired) electrons. The van der Waals surface area contributed by atoms with Crippen LogP contribution in [0.5, 0.6) is 23.0 Å². The highest BCUT2D eigenvalue weighted by atomic mass is 16.7. The fourth-order valence-electron chi connectivity index (χ4n) is 3.89. The molecule has 2 heterocycles. The van der Waals surface area contributed by atoms with E-state index < -0.39 is 0 Å². The number of hydrogen-bond acceptors (Lipinski definition) is 7. The van der Waals surface area contributed by atoms with Gasteiger partial charge in [0.2, 0.25) is 12.7 Å². The van der Waals surface area contributed by atoms with Crippen LogP contribution >= 0.6 is 0 Å². The van der Waals surface area contributed by atoms with Gasteiger partial charge in [-0.1, -0.05) is 6.07 Å². The van der Waals surface area contributed by atoms with Crippen LogP contribution in [0.15, 0.2) is 42.5 Å². The van der Waals surface area contributed by atoms with Crippen molar-refractivity contribution in [1.29, 1.82) is 0 Å². The summed E-state index contributed by atoms with van der Waals surface area (Å²) in [6.07, 6.45) is 0. The van der Waals surface area contributed by atoms with Gasteiger partial charge in [-0.15, -0.1) is 0 Å². The lowest BCUT2D eigenvalue weighted by Gasteiger charge is -2.37. The second-order valence-electron chi connectivity index (χ2n) is 7.98. The predicted octanol–water partition coefficient (Wildman–Crippen LogP) is 2.13. The van der Waals surface area contributed by atoms with Crippen LogP contribution in [-0.4, -0.2) is 75.0 Å². The molecule has 0 bridgehead atoms. The van der Waals surface area contributed by atoms with Crippen LogP contribution in [0.4, 0.5) is 0 Å². The van der Waals surface area contributed by atoms with Crippen LogP contribution in [0.1, 0.15) is 12.5 Å². The van der Waals surface area contributed by atoms with Gasteiger partial charge in [0, 0.05) is 39.3 Å². The number of nitrogens with one attached hydrogen (secondary N) is 1. The van der Waals surface area contributed by atoms with E-state index in [-0.39, 0.29) is 18.7 Å². The van der Waals surface area contributed by atoms with E-state index in [4.69, 9.17) is 18.9 Å². The molecule has 2 aliphatic rings. The third-order valence-electron chi connectivity index (χ3n) is 5.97. The highest BCUT2D eigenvalue weighted by molar-refractivity contribution is 5.81. The molecular weight excluding hydrogens is 410 g/mol. The molecule has 8 nitrogen and oxygen atoms in total. The molecule has 1 saturated heterocycles. The number of piperazine rings is 1. The number of ether oxygens (including phenoxy) is 4. The molecule has 1 atom stereocenters. The number of rotatable bonds is 9. The van der Waals surface area contributed by atoms with Gasteiger partial charge >= 0.3 is 0 Å². The maximum Gasteiger partial charge on any atom is 0.237 e. The monoisotopic (exact) mass is 441 g/mol. The summed E-state index contributed by atoms with van der Waals surface area (Å²) in [7, 11) is 1.65. The SMILES string of the molecule is COc1ccc(OCCN2CCN([C@@H](C)C(=O)NCc3ccc4c(c3)OCO4)CC2)cc1. The Kier molecular flexibility index (Phi) is 7.34. The minimum absolute atomic E-state index is 0.0407. The van der Waals surface area contributed by atoms with Crippen LogP contribution in [0.3, 0.4) is 0 Å². The Bertz CT molecular complexity index is 897. The lowest BCUT2D eigenvalue weighted by atomic mass is 10.2. The number of nitrogens with zero attached hydrogens (tertiary/aromatic N) is 2. The Balaban J connectivity index is 1.15. The first-order chi connectivity index (χ1) is 15.6. The predicted molar refractivity (Wildman–Crippen MR) is 120 cm³/mol. The van der Waals surface area contributed by atoms with Crippen molar-refractivity contribution >= 4 is 5.91 Å². The van der Waals surface area contributed by atoms with Crippen molar-refractivity contribution in [3.05, 3.63) is 48.0 Å². The number of amides is 1. The van der Waals surface area contributed by atoms with Crippen molar-refractivity contribution in [3.8, 4) is 23.0 Å². The lowest BCUT2D eigenvalue weighted by Crippen LogP contribution is -2.54. The summed E-state index contributed by atoms with van der Waals surface area (Å²) in [6.45, 7) is 7.77. The van der Waals surface area contributed by atoms with E-state index in [9.17, 15) is 4.79 Å². The summed E-state index contributed by atoms with van der Waals surface area (Å²) in [5.74, 6) is 3.19. The summed E-state index contributed by atoms with van der Waals surface area (Å²) >= 11 is 0. The van der Waals surface area contributed by atoms with Gasteiger partial charge in [-0.05, 0) is 48.9 Å². The van der Waals surface area contributed by atoms with Gasteiger partial charge in [-0.25, -0.2) is 0 Å². The van der Waals surface area contributed by atoms with E-state index in [0.29, 0.717) is 13.2 Å². The Labute approximate surface area is 189 Å². The fourth-order valence-corrected chi connectivity index (χ4v) is 3.89. The molecule has 0 aliphatic carbocycles. The first kappa shape index (κ1) is 22.2. The highest BCUT2D eigenvalue weighted by Gasteiger charge is 2.25. The largest absolute Gasteiger partial charge is 0.497 e. The smallest absolute Gasteiger partial charge is 0.237 e. The molecule has 8 heteroatoms. The second kappa shape index (κ2) is 10.6. The van der Waals surface area contributed by atoms with Crippen molar-refractivity contribution in [2.45, 2.75) is 19.5 Å². The van der Waals surface area contributed by atoms with E-state index in [2.05, 4.69) is 15.1 Å². The molecule has 32 heavy (non-hydrogen) atoms. The second-order valence-corrected chi connectivity index (χ2v) is 7.98. The average molecular weight is 442 g/mol. The Hall–Kier alpha value is -2.97. The molecule has 1 N–H and O–H groups in total. The summed E-state index contributed by atoms with van der Waals surface area (Å²) in [5, 5.41) is 3.04. The van der Waals surface area contributed by atoms with Gasteiger partial charge in [-0.2, -0.15) is 0 Å². The molecule has 0 spiro atoms. The zero-order valence-corrected chi connectivity index (χ0v) is 18.7. The van der Waals surface area contributed by atoms with E-state index in [1.807, 2.05) is 49.4 Å². The molecule has 4 rings (SSSR count). The first-order valence-corrected chi connectivity index (χ1v) is 11.0. The minimum Gasteiger partial charge on any atom is -0.497 e. The van der Waals surface area contributed by atoms with Gasteiger partial charge in [0.1, 0.15) is 18.1 Å². The molecule has 0 unspecified atom stereocenters. The summed E-state index contributed by atoms with van der Waals surface area (Å²) in [6, 6.07) is 13.2. The van der Waals surface area contributed by atoms with Gasteiger partial charge in [0.05, 0.1) is 13.2 Å². The van der Waals surface area contributed by atoms with Crippen molar-refractivity contribution in [1.82, 2.24) is 15.1 Å². The van der Waals surface area contributed by atoms with Gasteiger partial charge in [0.25, 0.3) is 0 Å². The number of methoxy groups -OCH3 is 1. The van der Waals surface area contributed by atoms with Crippen LogP contribution in [0, 0.1) is 0 Å². The number of carbonyl (C=O) groups is 1. The molecule has 0 saturated carbocycles. The quantitative estimate of drug-likeness (QED) is 0.639. The van der Waals surface area contributed by atoms with Crippen LogP contribution < -0.4 is 24.3 Å². The summed E-state index contributed by atoms with van der Waals surface area (Å²) < 4.78 is 21.7. The lowest BCUT2D eigenvalue weighted by molar-refractivity contribution is -0.126. The normalized spacial score (nSPS) is 17.1. The molecule has 0 aromatic heterocycles. The topological polar surface area (TPSA) is 72.5 Å². The zero-order chi connectivity index (χ0) is 22.3. The van der Waals surface area contributed by atoms with Crippen molar-refractivity contribution in [2.75, 3.05) is 53.2 Å². The number of carbonyl (C=O) groups excluding carboxylic acids is 1. The van der Waals surface area contributed by atoms with Crippen LogP contribution in [0.2, 0.25) is 0 Å². The fraction of sp³-hybridized carbons (Fsp3) is 0.458. The minimum atomic E-state index is -0.165. The number of hydrogen-bond donors (Lipinski definition) is 1. The zero-order valence-electron chi connectivity index (χ0n) is 18.7. The third-order valence-corrected chi connectivity index (χ3v) is 5.97. The Morgan fingerprint density at radius 2 is 1.75 bits per heavy atom. The van der Waals surface area contributed by atoms with Gasteiger partial charge in [-0.3, -0.25) is 14.6 Å². The van der Waals surface area contributed by atoms with Crippen molar-refractivity contribution in [2.24, 2.45) is 0 Å². The molecule has 2 aromatic rings. The molecule has 2 aromatic carbocycles. The van der Waals surface area contributed by atoms with Gasteiger partial charge < -0.3 is 24.3 Å². The maximum absolute atomic E-state index is 12.7. The molecule has 1 amide bonds. The Morgan fingerprint density at radius 1 is 1.03 bits per heavy atom. The maximum atomic E-state index is 12.7. The molecule has 2 aliphatic heterocycles. The molecule has 172 valence electrons. The van der Waals surface area contributed by atoms with E-state index in [0.717, 1.165) is 61.3 Å². The van der Waals surface area contributed by atoms with E-state index in [1.165, 1.54) is 0 Å². The molecular formula is C24H31N3O5. The van der Waals surface area contributed by atoms with Crippen LogP contribution in [0.25, 0.3) is 0 Å². The average Bonchev–Trinajstić information content (AvgIpc) is 3.31. The summed E-state index contributed by atoms with van der Waals surface area (Å²) in [5.41, 5.74) is 0.997. The number of fused-ring (bicyclic) bond motifs is 1. The first-order valence-electron chi connectivity index (χ1n) is 11.0. The standard InChI is InChI=1S/C24H31N3O5/c1-18(24(28)25-16-19-3-8-22-23(15-19)32-17-31-22)27-11-9-26(10-12-27)13-14-30-21-6-4-20(29-2)5-7-21/h3-8,15,18H,9-14,16-17H2,1-2H3,(H,25,28)/t18-/m0/s1. The van der Waals surface area contributed by atoms with E-state index in [1.54, 1.807) is 7.11 Å². The van der Waals surface area contributed by atoms with E-state index >= 15 is 0 Å². The Morgan fingerprint density at radius 3 is 2.50 bits per heavy atom. The van der Waals surface area contributed by atoms with Crippen molar-refractivity contribution < 1.29 is 23.7 Å². The van der Waals surface area contributed by atoms with Gasteiger partial charge in [0.15, 0.2) is 11.5 Å².